The number of benzene rings is 2. The summed E-state index contributed by atoms with van der Waals surface area (Å²) in [6, 6.07) is 11.7. The fourth-order valence-corrected chi connectivity index (χ4v) is 4.18. The van der Waals surface area contributed by atoms with E-state index in [0.717, 1.165) is 5.56 Å². The van der Waals surface area contributed by atoms with Crippen molar-refractivity contribution >= 4 is 17.4 Å². The van der Waals surface area contributed by atoms with Gasteiger partial charge in [-0.3, -0.25) is 9.59 Å². The molecule has 1 aliphatic heterocycles. The van der Waals surface area contributed by atoms with Gasteiger partial charge in [-0.1, -0.05) is 32.9 Å². The first-order valence-corrected chi connectivity index (χ1v) is 11.3. The van der Waals surface area contributed by atoms with E-state index >= 15 is 0 Å². The Kier molecular flexibility index (Phi) is 7.67. The Morgan fingerprint density at radius 2 is 1.82 bits per heavy atom. The zero-order valence-electron chi connectivity index (χ0n) is 20.7. The van der Waals surface area contributed by atoms with Crippen molar-refractivity contribution in [3.05, 3.63) is 64.7 Å². The van der Waals surface area contributed by atoms with Crippen LogP contribution in [0.3, 0.4) is 0 Å². The monoisotopic (exact) mass is 467 g/mol. The highest BCUT2D eigenvalue weighted by molar-refractivity contribution is 6.46. The number of aliphatic hydroxyl groups is 1. The second-order valence-electron chi connectivity index (χ2n) is 9.16. The van der Waals surface area contributed by atoms with E-state index in [2.05, 4.69) is 0 Å². The first kappa shape index (κ1) is 25.3. The molecule has 1 aliphatic rings. The van der Waals surface area contributed by atoms with Crippen LogP contribution in [0.1, 0.15) is 50.4 Å². The average molecular weight is 468 g/mol. The van der Waals surface area contributed by atoms with Gasteiger partial charge < -0.3 is 24.2 Å². The number of hydrogen-bond acceptors (Lipinski definition) is 6. The number of amides is 1. The minimum atomic E-state index is -0.768. The maximum absolute atomic E-state index is 13.2. The van der Waals surface area contributed by atoms with E-state index in [4.69, 9.17) is 14.2 Å². The second-order valence-corrected chi connectivity index (χ2v) is 9.16. The Bertz CT molecular complexity index is 1100. The maximum Gasteiger partial charge on any atom is 0.295 e. The van der Waals surface area contributed by atoms with Crippen LogP contribution < -0.4 is 9.47 Å². The van der Waals surface area contributed by atoms with Crippen LogP contribution in [0, 0.1) is 0 Å². The number of ketones is 1. The molecule has 7 heteroatoms. The molecule has 0 spiro atoms. The summed E-state index contributed by atoms with van der Waals surface area (Å²) in [7, 11) is 3.13. The number of rotatable bonds is 8. The molecule has 1 N–H and O–H groups in total. The van der Waals surface area contributed by atoms with E-state index in [-0.39, 0.29) is 29.9 Å². The van der Waals surface area contributed by atoms with Gasteiger partial charge in [0.15, 0.2) is 0 Å². The van der Waals surface area contributed by atoms with Crippen molar-refractivity contribution in [2.24, 2.45) is 0 Å². The summed E-state index contributed by atoms with van der Waals surface area (Å²) < 4.78 is 16.3. The predicted molar refractivity (Wildman–Crippen MR) is 130 cm³/mol. The molecule has 0 aliphatic carbocycles. The molecular formula is C27H33NO6. The predicted octanol–water partition coefficient (Wildman–Crippen LogP) is 4.46. The third-order valence-corrected chi connectivity index (χ3v) is 5.84. The van der Waals surface area contributed by atoms with Crippen molar-refractivity contribution in [2.75, 3.05) is 34.0 Å². The Balaban J connectivity index is 2.21. The number of likely N-dealkylation sites (tertiary alicyclic amines) is 1. The van der Waals surface area contributed by atoms with Crippen LogP contribution in [0.15, 0.2) is 48.0 Å². The minimum Gasteiger partial charge on any atom is -0.507 e. The van der Waals surface area contributed by atoms with Gasteiger partial charge in [0.1, 0.15) is 17.3 Å². The van der Waals surface area contributed by atoms with Crippen molar-refractivity contribution < 1.29 is 28.9 Å². The van der Waals surface area contributed by atoms with Gasteiger partial charge in [-0.2, -0.15) is 0 Å². The Hall–Kier alpha value is -3.32. The highest BCUT2D eigenvalue weighted by Crippen LogP contribution is 2.41. The Labute approximate surface area is 200 Å². The molecule has 1 heterocycles. The number of Topliss-reactive ketones (excluding diaryl/α,β-unsaturated/α-hetero) is 1. The van der Waals surface area contributed by atoms with Crippen LogP contribution in [0.5, 0.6) is 11.5 Å². The Morgan fingerprint density at radius 1 is 1.09 bits per heavy atom. The van der Waals surface area contributed by atoms with Gasteiger partial charge in [-0.25, -0.2) is 0 Å². The van der Waals surface area contributed by atoms with Crippen molar-refractivity contribution in [3.63, 3.8) is 0 Å². The quantitative estimate of drug-likeness (QED) is 0.351. The molecule has 0 aromatic heterocycles. The van der Waals surface area contributed by atoms with Gasteiger partial charge in [0.25, 0.3) is 11.7 Å². The molecule has 2 aromatic carbocycles. The molecule has 1 unspecified atom stereocenters. The normalized spacial score (nSPS) is 17.8. The largest absolute Gasteiger partial charge is 0.507 e. The minimum absolute atomic E-state index is 0.0415. The molecule has 1 saturated heterocycles. The van der Waals surface area contributed by atoms with E-state index in [9.17, 15) is 14.7 Å². The summed E-state index contributed by atoms with van der Waals surface area (Å²) in [6.45, 7) is 8.94. The molecule has 1 amide bonds. The van der Waals surface area contributed by atoms with Gasteiger partial charge in [0, 0.05) is 24.8 Å². The lowest BCUT2D eigenvalue weighted by molar-refractivity contribution is -0.140. The maximum atomic E-state index is 13.2. The second kappa shape index (κ2) is 10.3. The molecule has 34 heavy (non-hydrogen) atoms. The molecule has 3 rings (SSSR count). The summed E-state index contributed by atoms with van der Waals surface area (Å²) in [5.41, 5.74) is 1.77. The lowest BCUT2D eigenvalue weighted by Gasteiger charge is -2.26. The van der Waals surface area contributed by atoms with Crippen molar-refractivity contribution in [1.82, 2.24) is 4.90 Å². The van der Waals surface area contributed by atoms with Crippen LogP contribution in [-0.4, -0.2) is 55.7 Å². The number of methoxy groups -OCH3 is 2. The fourth-order valence-electron chi connectivity index (χ4n) is 4.18. The molecule has 2 aromatic rings. The van der Waals surface area contributed by atoms with Crippen LogP contribution in [0.4, 0.5) is 0 Å². The molecule has 1 atom stereocenters. The number of nitrogens with zero attached hydrogens (tertiary/aromatic N) is 1. The highest BCUT2D eigenvalue weighted by atomic mass is 16.5. The molecule has 0 radical (unpaired) electrons. The molecule has 0 bridgehead atoms. The van der Waals surface area contributed by atoms with Gasteiger partial charge in [0.05, 0.1) is 31.9 Å². The zero-order chi connectivity index (χ0) is 25.0. The number of hydrogen-bond donors (Lipinski definition) is 1. The van der Waals surface area contributed by atoms with Crippen LogP contribution in [0.25, 0.3) is 5.76 Å². The highest BCUT2D eigenvalue weighted by Gasteiger charge is 2.46. The topological polar surface area (TPSA) is 85.3 Å². The molecule has 7 nitrogen and oxygen atoms in total. The number of carbonyl (C=O) groups excluding carboxylic acids is 2. The van der Waals surface area contributed by atoms with Gasteiger partial charge >= 0.3 is 0 Å². The lowest BCUT2D eigenvalue weighted by Crippen LogP contribution is -2.32. The summed E-state index contributed by atoms with van der Waals surface area (Å²) >= 11 is 0. The average Bonchev–Trinajstić information content (AvgIpc) is 3.06. The Morgan fingerprint density at radius 3 is 2.44 bits per heavy atom. The first-order chi connectivity index (χ1) is 16.1. The standard InChI is InChI=1S/C27H33NO6/c1-7-34-19-10-8-9-17(15-19)23-22(25(30)26(31)28(23)13-14-32-5)24(29)18-11-12-21(33-6)20(16-18)27(2,3)4/h8-12,15-16,23,29H,7,13-14H2,1-6H3/b24-22+. The summed E-state index contributed by atoms with van der Waals surface area (Å²) in [6.07, 6.45) is 0. The van der Waals surface area contributed by atoms with Crippen LogP contribution in [-0.2, 0) is 19.7 Å². The molecule has 1 fully saturated rings. The number of carbonyl (C=O) groups is 2. The van der Waals surface area contributed by atoms with Crippen LogP contribution >= 0.6 is 0 Å². The molecule has 0 saturated carbocycles. The zero-order valence-corrected chi connectivity index (χ0v) is 20.7. The lowest BCUT2D eigenvalue weighted by atomic mass is 9.84. The molecular weight excluding hydrogens is 434 g/mol. The first-order valence-electron chi connectivity index (χ1n) is 11.3. The van der Waals surface area contributed by atoms with Gasteiger partial charge in [-0.15, -0.1) is 0 Å². The summed E-state index contributed by atoms with van der Waals surface area (Å²) in [4.78, 5) is 27.6. The van der Waals surface area contributed by atoms with Crippen molar-refractivity contribution in [2.45, 2.75) is 39.2 Å². The molecule has 182 valence electrons. The van der Waals surface area contributed by atoms with Gasteiger partial charge in [-0.05, 0) is 48.2 Å². The van der Waals surface area contributed by atoms with Crippen molar-refractivity contribution in [3.8, 4) is 11.5 Å². The number of ether oxygens (including phenoxy) is 3. The van der Waals surface area contributed by atoms with Gasteiger partial charge in [0.2, 0.25) is 0 Å². The van der Waals surface area contributed by atoms with Crippen molar-refractivity contribution in [1.29, 1.82) is 0 Å². The van der Waals surface area contributed by atoms with Crippen LogP contribution in [0.2, 0.25) is 0 Å². The van der Waals surface area contributed by atoms with E-state index in [1.54, 1.807) is 25.3 Å². The fraction of sp³-hybridized carbons (Fsp3) is 0.407. The SMILES string of the molecule is CCOc1cccc(C2/C(=C(\O)c3ccc(OC)c(C(C)(C)C)c3)C(=O)C(=O)N2CCOC)c1. The number of aliphatic hydroxyl groups excluding tert-OH is 1. The third-order valence-electron chi connectivity index (χ3n) is 5.84. The smallest absolute Gasteiger partial charge is 0.295 e. The summed E-state index contributed by atoms with van der Waals surface area (Å²) in [5, 5.41) is 11.4. The van der Waals surface area contributed by atoms with E-state index in [1.165, 1.54) is 12.0 Å². The summed E-state index contributed by atoms with van der Waals surface area (Å²) in [5.74, 6) is -0.316. The third kappa shape index (κ3) is 4.94. The van der Waals surface area contributed by atoms with E-state index in [0.29, 0.717) is 29.2 Å². The van der Waals surface area contributed by atoms with E-state index in [1.807, 2.05) is 52.0 Å². The van der Waals surface area contributed by atoms with E-state index < -0.39 is 17.7 Å².